The van der Waals surface area contributed by atoms with E-state index in [0.717, 1.165) is 16.6 Å². The Kier molecular flexibility index (Phi) is 5.10. The SMILES string of the molecule is Cc1cc(NC(=O)CN2CCN(C(=O)c3ccc4[nH]c(C)c(C)c4c3)CC2)no1. The van der Waals surface area contributed by atoms with Gasteiger partial charge in [0.05, 0.1) is 6.54 Å². The molecule has 0 aliphatic carbocycles. The van der Waals surface area contributed by atoms with E-state index in [-0.39, 0.29) is 18.4 Å². The molecular weight excluding hydrogens is 370 g/mol. The van der Waals surface area contributed by atoms with Crippen LogP contribution in [-0.4, -0.2) is 64.5 Å². The number of aryl methyl sites for hydroxylation is 3. The van der Waals surface area contributed by atoms with Gasteiger partial charge in [-0.25, -0.2) is 0 Å². The summed E-state index contributed by atoms with van der Waals surface area (Å²) in [5.74, 6) is 0.969. The molecule has 2 aromatic heterocycles. The third kappa shape index (κ3) is 4.02. The predicted octanol–water partition coefficient (Wildman–Crippen LogP) is 2.48. The second kappa shape index (κ2) is 7.71. The number of nitrogens with zero attached hydrogens (tertiary/aromatic N) is 3. The van der Waals surface area contributed by atoms with Crippen LogP contribution in [0.25, 0.3) is 10.9 Å². The molecule has 0 bridgehead atoms. The van der Waals surface area contributed by atoms with Gasteiger partial charge in [-0.3, -0.25) is 14.5 Å². The molecule has 1 aliphatic heterocycles. The molecule has 0 radical (unpaired) electrons. The smallest absolute Gasteiger partial charge is 0.253 e. The molecule has 1 fully saturated rings. The highest BCUT2D eigenvalue weighted by molar-refractivity contribution is 5.99. The fourth-order valence-electron chi connectivity index (χ4n) is 3.70. The maximum absolute atomic E-state index is 12.9. The third-order valence-corrected chi connectivity index (χ3v) is 5.48. The summed E-state index contributed by atoms with van der Waals surface area (Å²) in [6.07, 6.45) is 0. The number of carbonyl (C=O) groups is 2. The fourth-order valence-corrected chi connectivity index (χ4v) is 3.70. The van der Waals surface area contributed by atoms with Crippen LogP contribution < -0.4 is 5.32 Å². The zero-order valence-electron chi connectivity index (χ0n) is 16.9. The van der Waals surface area contributed by atoms with Crippen LogP contribution in [-0.2, 0) is 4.79 Å². The van der Waals surface area contributed by atoms with Crippen LogP contribution in [0.4, 0.5) is 5.82 Å². The number of aromatic nitrogens is 2. The summed E-state index contributed by atoms with van der Waals surface area (Å²) < 4.78 is 4.95. The second-order valence-electron chi connectivity index (χ2n) is 7.57. The fraction of sp³-hybridized carbons (Fsp3) is 0.381. The molecule has 4 rings (SSSR count). The normalized spacial score (nSPS) is 15.1. The molecule has 2 N–H and O–H groups in total. The summed E-state index contributed by atoms with van der Waals surface area (Å²) in [7, 11) is 0. The average Bonchev–Trinajstić information content (AvgIpc) is 3.24. The number of piperazine rings is 1. The Morgan fingerprint density at radius 3 is 2.59 bits per heavy atom. The molecular formula is C21H25N5O3. The summed E-state index contributed by atoms with van der Waals surface area (Å²) in [4.78, 5) is 32.3. The van der Waals surface area contributed by atoms with Crippen LogP contribution in [0.5, 0.6) is 0 Å². The van der Waals surface area contributed by atoms with E-state index < -0.39 is 0 Å². The van der Waals surface area contributed by atoms with Crippen molar-refractivity contribution in [1.82, 2.24) is 19.9 Å². The number of hydrogen-bond donors (Lipinski definition) is 2. The van der Waals surface area contributed by atoms with Gasteiger partial charge in [-0.15, -0.1) is 0 Å². The van der Waals surface area contributed by atoms with Gasteiger partial charge < -0.3 is 19.7 Å². The molecule has 3 heterocycles. The molecule has 0 spiro atoms. The minimum absolute atomic E-state index is 0.0346. The van der Waals surface area contributed by atoms with Crippen molar-refractivity contribution < 1.29 is 14.1 Å². The minimum atomic E-state index is -0.137. The molecule has 8 nitrogen and oxygen atoms in total. The summed E-state index contributed by atoms with van der Waals surface area (Å²) >= 11 is 0. The van der Waals surface area contributed by atoms with Gasteiger partial charge in [0.15, 0.2) is 5.82 Å². The number of fused-ring (bicyclic) bond motifs is 1. The topological polar surface area (TPSA) is 94.5 Å². The molecule has 1 saturated heterocycles. The number of anilines is 1. The molecule has 8 heteroatoms. The molecule has 0 unspecified atom stereocenters. The molecule has 0 atom stereocenters. The summed E-state index contributed by atoms with van der Waals surface area (Å²) in [5, 5.41) is 7.58. The Labute approximate surface area is 168 Å². The molecule has 1 aliphatic rings. The highest BCUT2D eigenvalue weighted by Crippen LogP contribution is 2.23. The van der Waals surface area contributed by atoms with Crippen LogP contribution >= 0.6 is 0 Å². The van der Waals surface area contributed by atoms with Gasteiger partial charge in [-0.1, -0.05) is 5.16 Å². The van der Waals surface area contributed by atoms with Crippen LogP contribution in [0, 0.1) is 20.8 Å². The van der Waals surface area contributed by atoms with Crippen LogP contribution in [0.15, 0.2) is 28.8 Å². The van der Waals surface area contributed by atoms with Gasteiger partial charge in [0.2, 0.25) is 5.91 Å². The lowest BCUT2D eigenvalue weighted by atomic mass is 10.1. The standard InChI is InChI=1S/C21H25N5O3/c1-13-10-19(24-29-13)23-20(27)12-25-6-8-26(9-7-25)21(28)16-4-5-18-17(11-16)14(2)15(3)22-18/h4-5,10-11,22H,6-9,12H2,1-3H3,(H,23,24,27). The van der Waals surface area contributed by atoms with E-state index in [9.17, 15) is 9.59 Å². The van der Waals surface area contributed by atoms with E-state index in [0.29, 0.717) is 43.3 Å². The Bertz CT molecular complexity index is 1060. The Morgan fingerprint density at radius 1 is 1.14 bits per heavy atom. The monoisotopic (exact) mass is 395 g/mol. The molecule has 29 heavy (non-hydrogen) atoms. The van der Waals surface area contributed by atoms with Gasteiger partial charge in [-0.05, 0) is 44.5 Å². The molecule has 152 valence electrons. The van der Waals surface area contributed by atoms with Crippen molar-refractivity contribution in [2.24, 2.45) is 0 Å². The van der Waals surface area contributed by atoms with Crippen molar-refractivity contribution in [3.8, 4) is 0 Å². The summed E-state index contributed by atoms with van der Waals surface area (Å²) in [6, 6.07) is 7.49. The van der Waals surface area contributed by atoms with Crippen LogP contribution in [0.2, 0.25) is 0 Å². The lowest BCUT2D eigenvalue weighted by Crippen LogP contribution is -2.50. The van der Waals surface area contributed by atoms with E-state index in [4.69, 9.17) is 4.52 Å². The van der Waals surface area contributed by atoms with E-state index in [1.165, 1.54) is 5.56 Å². The number of rotatable bonds is 4. The van der Waals surface area contributed by atoms with E-state index >= 15 is 0 Å². The molecule has 0 saturated carbocycles. The summed E-state index contributed by atoms with van der Waals surface area (Å²) in [6.45, 7) is 8.64. The number of carbonyl (C=O) groups excluding carboxylic acids is 2. The van der Waals surface area contributed by atoms with Crippen molar-refractivity contribution >= 4 is 28.5 Å². The predicted molar refractivity (Wildman–Crippen MR) is 110 cm³/mol. The first kappa shape index (κ1) is 19.2. The van der Waals surface area contributed by atoms with Gasteiger partial charge in [0, 0.05) is 54.4 Å². The van der Waals surface area contributed by atoms with Crippen molar-refractivity contribution in [2.75, 3.05) is 38.0 Å². The number of benzene rings is 1. The number of amides is 2. The zero-order valence-corrected chi connectivity index (χ0v) is 16.9. The number of nitrogens with one attached hydrogen (secondary N) is 2. The van der Waals surface area contributed by atoms with Crippen molar-refractivity contribution in [2.45, 2.75) is 20.8 Å². The number of aromatic amines is 1. The van der Waals surface area contributed by atoms with Crippen molar-refractivity contribution in [3.05, 3.63) is 46.8 Å². The van der Waals surface area contributed by atoms with Gasteiger partial charge in [-0.2, -0.15) is 0 Å². The quantitative estimate of drug-likeness (QED) is 0.708. The van der Waals surface area contributed by atoms with E-state index in [1.807, 2.05) is 34.9 Å². The largest absolute Gasteiger partial charge is 0.360 e. The van der Waals surface area contributed by atoms with E-state index in [1.54, 1.807) is 13.0 Å². The van der Waals surface area contributed by atoms with Crippen molar-refractivity contribution in [1.29, 1.82) is 0 Å². The summed E-state index contributed by atoms with van der Waals surface area (Å²) in [5.41, 5.74) is 4.05. The number of H-pyrrole nitrogens is 1. The second-order valence-corrected chi connectivity index (χ2v) is 7.57. The maximum atomic E-state index is 12.9. The zero-order chi connectivity index (χ0) is 20.5. The van der Waals surface area contributed by atoms with E-state index in [2.05, 4.69) is 22.4 Å². The van der Waals surface area contributed by atoms with Gasteiger partial charge in [0.25, 0.3) is 5.91 Å². The van der Waals surface area contributed by atoms with Gasteiger partial charge >= 0.3 is 0 Å². The lowest BCUT2D eigenvalue weighted by Gasteiger charge is -2.34. The molecule has 3 aromatic rings. The van der Waals surface area contributed by atoms with Crippen LogP contribution in [0.3, 0.4) is 0 Å². The highest BCUT2D eigenvalue weighted by Gasteiger charge is 2.24. The maximum Gasteiger partial charge on any atom is 0.253 e. The van der Waals surface area contributed by atoms with Gasteiger partial charge in [0.1, 0.15) is 5.76 Å². The average molecular weight is 395 g/mol. The van der Waals surface area contributed by atoms with Crippen molar-refractivity contribution in [3.63, 3.8) is 0 Å². The Morgan fingerprint density at radius 2 is 1.90 bits per heavy atom. The highest BCUT2D eigenvalue weighted by atomic mass is 16.5. The molecule has 2 amide bonds. The minimum Gasteiger partial charge on any atom is -0.360 e. The number of hydrogen-bond acceptors (Lipinski definition) is 5. The first-order valence-corrected chi connectivity index (χ1v) is 9.74. The third-order valence-electron chi connectivity index (χ3n) is 5.48. The Balaban J connectivity index is 1.33. The lowest BCUT2D eigenvalue weighted by molar-refractivity contribution is -0.117. The molecule has 1 aromatic carbocycles. The Hall–Kier alpha value is -3.13. The first-order chi connectivity index (χ1) is 13.9. The first-order valence-electron chi connectivity index (χ1n) is 9.74. The van der Waals surface area contributed by atoms with Crippen LogP contribution in [0.1, 0.15) is 27.4 Å².